The Hall–Kier alpha value is -1.20. The third-order valence-electron chi connectivity index (χ3n) is 4.95. The molecule has 0 spiro atoms. The van der Waals surface area contributed by atoms with Gasteiger partial charge in [0.25, 0.3) is 0 Å². The zero-order valence-corrected chi connectivity index (χ0v) is 13.5. The first kappa shape index (κ1) is 15.7. The van der Waals surface area contributed by atoms with Gasteiger partial charge in [-0.15, -0.1) is 0 Å². The molecule has 120 valence electrons. The molecule has 1 aromatic rings. The molecule has 0 radical (unpaired) electrons. The van der Waals surface area contributed by atoms with Crippen molar-refractivity contribution in [3.63, 3.8) is 0 Å². The predicted molar refractivity (Wildman–Crippen MR) is 85.1 cm³/mol. The number of hydrogen-bond acceptors (Lipinski definition) is 2. The molecule has 0 aliphatic heterocycles. The van der Waals surface area contributed by atoms with Gasteiger partial charge in [-0.05, 0) is 61.3 Å². The molecule has 0 aromatic heterocycles. The minimum Gasteiger partial charge on any atom is -0.225 e. The lowest BCUT2D eigenvalue weighted by Gasteiger charge is -2.24. The summed E-state index contributed by atoms with van der Waals surface area (Å²) in [5, 5.41) is 5.03. The lowest BCUT2D eigenvalue weighted by Crippen LogP contribution is -2.14. The van der Waals surface area contributed by atoms with E-state index in [-0.39, 0.29) is 0 Å². The summed E-state index contributed by atoms with van der Waals surface area (Å²) in [6, 6.07) is 4.33. The summed E-state index contributed by atoms with van der Waals surface area (Å²) in [6.07, 6.45) is 9.50. The fourth-order valence-corrected chi connectivity index (χ4v) is 4.51. The maximum Gasteiger partial charge on any atom is 0.240 e. The molecular formula is C17H22FNO2S. The Morgan fingerprint density at radius 3 is 2.41 bits per heavy atom. The smallest absolute Gasteiger partial charge is 0.225 e. The van der Waals surface area contributed by atoms with Crippen molar-refractivity contribution in [2.75, 3.05) is 0 Å². The Kier molecular flexibility index (Phi) is 4.37. The molecular weight excluding hydrogens is 301 g/mol. The zero-order valence-electron chi connectivity index (χ0n) is 12.6. The van der Waals surface area contributed by atoms with Gasteiger partial charge in [-0.2, -0.15) is 0 Å². The predicted octanol–water partition coefficient (Wildman–Crippen LogP) is 3.99. The van der Waals surface area contributed by atoms with Crippen LogP contribution in [0.1, 0.15) is 56.9 Å². The van der Waals surface area contributed by atoms with Crippen LogP contribution in [0.25, 0.3) is 5.57 Å². The second kappa shape index (κ2) is 6.13. The van der Waals surface area contributed by atoms with Crippen LogP contribution in [0.15, 0.2) is 28.7 Å². The van der Waals surface area contributed by atoms with E-state index < -0.39 is 20.7 Å². The summed E-state index contributed by atoms with van der Waals surface area (Å²) in [4.78, 5) is -0.422. The molecule has 5 heteroatoms. The highest BCUT2D eigenvalue weighted by atomic mass is 32.2. The van der Waals surface area contributed by atoms with E-state index in [4.69, 9.17) is 5.14 Å². The van der Waals surface area contributed by atoms with Crippen LogP contribution in [0.3, 0.4) is 0 Å². The molecule has 0 unspecified atom stereocenters. The minimum atomic E-state index is -4.00. The van der Waals surface area contributed by atoms with Crippen LogP contribution in [0, 0.1) is 11.7 Å². The molecule has 2 N–H and O–H groups in total. The van der Waals surface area contributed by atoms with E-state index in [1.54, 1.807) is 6.07 Å². The van der Waals surface area contributed by atoms with Crippen molar-refractivity contribution < 1.29 is 12.8 Å². The molecule has 1 aromatic carbocycles. The van der Waals surface area contributed by atoms with Crippen LogP contribution < -0.4 is 5.14 Å². The summed E-state index contributed by atoms with van der Waals surface area (Å²) in [6.45, 7) is 0. The van der Waals surface area contributed by atoms with Crippen LogP contribution in [-0.2, 0) is 10.0 Å². The van der Waals surface area contributed by atoms with Gasteiger partial charge in [0, 0.05) is 0 Å². The van der Waals surface area contributed by atoms with Crippen molar-refractivity contribution in [3.05, 3.63) is 35.2 Å². The normalized spacial score (nSPS) is 20.6. The molecule has 1 fully saturated rings. The van der Waals surface area contributed by atoms with Gasteiger partial charge in [0.05, 0.1) is 0 Å². The van der Waals surface area contributed by atoms with Gasteiger partial charge in [-0.1, -0.05) is 30.9 Å². The third kappa shape index (κ3) is 3.10. The molecule has 0 heterocycles. The number of allylic oxidation sites excluding steroid dienone is 2. The third-order valence-corrected chi connectivity index (χ3v) is 5.89. The topological polar surface area (TPSA) is 60.2 Å². The van der Waals surface area contributed by atoms with E-state index >= 15 is 0 Å². The number of hydrogen-bond donors (Lipinski definition) is 1. The molecule has 22 heavy (non-hydrogen) atoms. The van der Waals surface area contributed by atoms with Crippen molar-refractivity contribution in [2.24, 2.45) is 11.1 Å². The lowest BCUT2D eigenvalue weighted by atomic mass is 9.81. The molecule has 2 aliphatic carbocycles. The maximum absolute atomic E-state index is 14.1. The van der Waals surface area contributed by atoms with Gasteiger partial charge in [0.15, 0.2) is 0 Å². The van der Waals surface area contributed by atoms with E-state index in [1.807, 2.05) is 0 Å². The summed E-state index contributed by atoms with van der Waals surface area (Å²) in [5.41, 5.74) is 3.53. The number of sulfonamides is 1. The molecule has 0 amide bonds. The van der Waals surface area contributed by atoms with E-state index in [0.29, 0.717) is 5.92 Å². The van der Waals surface area contributed by atoms with Gasteiger partial charge >= 0.3 is 0 Å². The molecule has 1 saturated carbocycles. The van der Waals surface area contributed by atoms with Crippen molar-refractivity contribution in [1.29, 1.82) is 0 Å². The van der Waals surface area contributed by atoms with Crippen molar-refractivity contribution in [2.45, 2.75) is 56.3 Å². The summed E-state index contributed by atoms with van der Waals surface area (Å²) < 4.78 is 36.7. The number of rotatable bonds is 3. The van der Waals surface area contributed by atoms with Crippen LogP contribution in [-0.4, -0.2) is 8.42 Å². The average Bonchev–Trinajstić information content (AvgIpc) is 2.96. The molecule has 0 atom stereocenters. The average molecular weight is 323 g/mol. The molecule has 3 nitrogen and oxygen atoms in total. The standard InChI is InChI=1S/C17H22FNO2S/c18-16-11-13(9-10-17(16)22(19,20)21)15-8-4-7-14(15)12-5-2-1-3-6-12/h9-12H,1-8H2,(H2,19,20,21). The number of halogens is 1. The Bertz CT molecular complexity index is 703. The fraction of sp³-hybridized carbons (Fsp3) is 0.529. The Labute approximate surface area is 131 Å². The summed E-state index contributed by atoms with van der Waals surface area (Å²) in [5.74, 6) is -0.116. The Balaban J connectivity index is 1.97. The van der Waals surface area contributed by atoms with Gasteiger partial charge in [-0.3, -0.25) is 0 Å². The largest absolute Gasteiger partial charge is 0.240 e. The van der Waals surface area contributed by atoms with Crippen LogP contribution in [0.4, 0.5) is 4.39 Å². The van der Waals surface area contributed by atoms with Crippen LogP contribution in [0.5, 0.6) is 0 Å². The second-order valence-corrected chi connectivity index (χ2v) is 7.91. The zero-order chi connectivity index (χ0) is 15.7. The molecule has 0 saturated heterocycles. The Morgan fingerprint density at radius 1 is 1.05 bits per heavy atom. The van der Waals surface area contributed by atoms with Crippen molar-refractivity contribution in [1.82, 2.24) is 0 Å². The van der Waals surface area contributed by atoms with E-state index in [1.165, 1.54) is 55.4 Å². The lowest BCUT2D eigenvalue weighted by molar-refractivity contribution is 0.398. The van der Waals surface area contributed by atoms with Gasteiger partial charge in [0.1, 0.15) is 10.7 Å². The van der Waals surface area contributed by atoms with Crippen molar-refractivity contribution >= 4 is 15.6 Å². The van der Waals surface area contributed by atoms with Gasteiger partial charge in [-0.25, -0.2) is 17.9 Å². The first-order valence-electron chi connectivity index (χ1n) is 8.01. The molecule has 2 aliphatic rings. The first-order chi connectivity index (χ1) is 10.5. The fourth-order valence-electron chi connectivity index (χ4n) is 3.92. The molecule has 3 rings (SSSR count). The first-order valence-corrected chi connectivity index (χ1v) is 9.56. The highest BCUT2D eigenvalue weighted by molar-refractivity contribution is 7.89. The van der Waals surface area contributed by atoms with E-state index in [2.05, 4.69) is 0 Å². The molecule has 0 bridgehead atoms. The van der Waals surface area contributed by atoms with Gasteiger partial charge < -0.3 is 0 Å². The van der Waals surface area contributed by atoms with E-state index in [0.717, 1.165) is 24.8 Å². The number of benzene rings is 1. The second-order valence-electron chi connectivity index (χ2n) is 6.38. The van der Waals surface area contributed by atoms with Crippen LogP contribution in [0.2, 0.25) is 0 Å². The SMILES string of the molecule is NS(=O)(=O)c1ccc(C2=C(C3CCCCC3)CCC2)cc1F. The maximum atomic E-state index is 14.1. The van der Waals surface area contributed by atoms with E-state index in [9.17, 15) is 12.8 Å². The quantitative estimate of drug-likeness (QED) is 0.914. The van der Waals surface area contributed by atoms with Crippen LogP contribution >= 0.6 is 0 Å². The summed E-state index contributed by atoms with van der Waals surface area (Å²) >= 11 is 0. The number of nitrogens with two attached hydrogens (primary N) is 1. The summed E-state index contributed by atoms with van der Waals surface area (Å²) in [7, 11) is -4.00. The number of primary sulfonamides is 1. The van der Waals surface area contributed by atoms with Gasteiger partial charge in [0.2, 0.25) is 10.0 Å². The minimum absolute atomic E-state index is 0.422. The monoisotopic (exact) mass is 323 g/mol. The highest BCUT2D eigenvalue weighted by Crippen LogP contribution is 2.43. The highest BCUT2D eigenvalue weighted by Gasteiger charge is 2.26. The van der Waals surface area contributed by atoms with Crippen molar-refractivity contribution in [3.8, 4) is 0 Å². The Morgan fingerprint density at radius 2 is 1.77 bits per heavy atom.